The first kappa shape index (κ1) is 13.7. The Labute approximate surface area is 82.7 Å². The third-order valence-electron chi connectivity index (χ3n) is 2.04. The maximum Gasteiger partial charge on any atom is 0.391 e. The Balaban J connectivity index is 4.18. The fourth-order valence-corrected chi connectivity index (χ4v) is 1.42. The number of likely N-dealkylation sites (N-methyl/N-ethyl adjacent to an activating group) is 1. The molecule has 0 fully saturated rings. The summed E-state index contributed by atoms with van der Waals surface area (Å²) in [6.45, 7) is 6.27. The Hall–Kier alpha value is -0.290. The fraction of sp³-hybridized carbons (Fsp3) is 1.00. The van der Waals surface area contributed by atoms with E-state index >= 15 is 0 Å². The lowest BCUT2D eigenvalue weighted by molar-refractivity contribution is -0.175. The summed E-state index contributed by atoms with van der Waals surface area (Å²) in [5.41, 5.74) is -1.69. The average Bonchev–Trinajstić information content (AvgIpc) is 1.95. The molecule has 0 bridgehead atoms. The van der Waals surface area contributed by atoms with Crippen molar-refractivity contribution in [3.8, 4) is 0 Å². The van der Waals surface area contributed by atoms with Crippen molar-refractivity contribution in [3.63, 3.8) is 0 Å². The van der Waals surface area contributed by atoms with E-state index in [1.54, 1.807) is 4.90 Å². The van der Waals surface area contributed by atoms with E-state index in [0.29, 0.717) is 13.1 Å². The summed E-state index contributed by atoms with van der Waals surface area (Å²) in [5, 5.41) is 9.52. The van der Waals surface area contributed by atoms with Gasteiger partial charge in [-0.1, -0.05) is 13.8 Å². The monoisotopic (exact) mass is 213 g/mol. The Bertz CT molecular complexity index is 164. The topological polar surface area (TPSA) is 23.5 Å². The minimum absolute atomic E-state index is 0.0551. The van der Waals surface area contributed by atoms with Crippen LogP contribution in [0.5, 0.6) is 0 Å². The molecule has 0 saturated carbocycles. The predicted molar refractivity (Wildman–Crippen MR) is 49.1 cm³/mol. The zero-order valence-corrected chi connectivity index (χ0v) is 8.86. The number of nitrogens with zero attached hydrogens (tertiary/aromatic N) is 1. The van der Waals surface area contributed by atoms with Crippen molar-refractivity contribution in [3.05, 3.63) is 0 Å². The minimum Gasteiger partial charge on any atom is -0.388 e. The third kappa shape index (κ3) is 6.21. The molecule has 0 aromatic heterocycles. The van der Waals surface area contributed by atoms with Gasteiger partial charge in [0.1, 0.15) is 0 Å². The van der Waals surface area contributed by atoms with Gasteiger partial charge in [0, 0.05) is 6.54 Å². The molecule has 2 nitrogen and oxygen atoms in total. The van der Waals surface area contributed by atoms with Crippen LogP contribution in [-0.4, -0.2) is 41.4 Å². The first-order valence-corrected chi connectivity index (χ1v) is 4.71. The van der Waals surface area contributed by atoms with Crippen molar-refractivity contribution in [2.45, 2.75) is 39.0 Å². The van der Waals surface area contributed by atoms with Gasteiger partial charge in [0.2, 0.25) is 0 Å². The second-order valence-electron chi connectivity index (χ2n) is 3.75. The maximum atomic E-state index is 12.0. The predicted octanol–water partition coefficient (Wildman–Crippen LogP) is 2.03. The summed E-state index contributed by atoms with van der Waals surface area (Å²) >= 11 is 0. The van der Waals surface area contributed by atoms with Crippen LogP contribution in [0.25, 0.3) is 0 Å². The molecule has 0 aromatic rings. The lowest BCUT2D eigenvalue weighted by atomic mass is 10.0. The first-order chi connectivity index (χ1) is 6.20. The molecule has 0 amide bonds. The van der Waals surface area contributed by atoms with Crippen LogP contribution in [0.15, 0.2) is 0 Å². The molecule has 1 unspecified atom stereocenters. The highest BCUT2D eigenvalue weighted by Crippen LogP contribution is 2.27. The fourth-order valence-electron chi connectivity index (χ4n) is 1.42. The van der Waals surface area contributed by atoms with Crippen LogP contribution >= 0.6 is 0 Å². The molecule has 0 aliphatic rings. The molecule has 1 N–H and O–H groups in total. The highest BCUT2D eigenvalue weighted by Gasteiger charge is 2.38. The van der Waals surface area contributed by atoms with Crippen molar-refractivity contribution in [1.29, 1.82) is 0 Å². The molecule has 0 heterocycles. The van der Waals surface area contributed by atoms with Crippen molar-refractivity contribution < 1.29 is 18.3 Å². The van der Waals surface area contributed by atoms with E-state index in [9.17, 15) is 18.3 Å². The van der Waals surface area contributed by atoms with Gasteiger partial charge in [0.25, 0.3) is 0 Å². The van der Waals surface area contributed by atoms with Crippen LogP contribution in [0, 0.1) is 0 Å². The summed E-state index contributed by atoms with van der Waals surface area (Å²) in [7, 11) is 0. The Morgan fingerprint density at radius 2 is 1.57 bits per heavy atom. The normalized spacial score (nSPS) is 17.1. The van der Waals surface area contributed by atoms with Gasteiger partial charge in [-0.15, -0.1) is 0 Å². The molecule has 5 heteroatoms. The van der Waals surface area contributed by atoms with Gasteiger partial charge in [0.05, 0.1) is 12.0 Å². The van der Waals surface area contributed by atoms with Crippen molar-refractivity contribution in [1.82, 2.24) is 4.90 Å². The molecule has 1 atom stereocenters. The SMILES string of the molecule is CCN(CC)CC(C)(O)CC(F)(F)F. The molecule has 0 aliphatic heterocycles. The summed E-state index contributed by atoms with van der Waals surface area (Å²) in [4.78, 5) is 1.77. The first-order valence-electron chi connectivity index (χ1n) is 4.71. The number of hydrogen-bond donors (Lipinski definition) is 1. The largest absolute Gasteiger partial charge is 0.391 e. The van der Waals surface area contributed by atoms with E-state index in [1.807, 2.05) is 13.8 Å². The molecular weight excluding hydrogens is 195 g/mol. The molecule has 86 valence electrons. The molecule has 14 heavy (non-hydrogen) atoms. The summed E-state index contributed by atoms with van der Waals surface area (Å²) in [5.74, 6) is 0. The lowest BCUT2D eigenvalue weighted by Crippen LogP contribution is -2.43. The van der Waals surface area contributed by atoms with E-state index in [1.165, 1.54) is 6.92 Å². The van der Waals surface area contributed by atoms with Crippen LogP contribution in [-0.2, 0) is 0 Å². The van der Waals surface area contributed by atoms with Gasteiger partial charge < -0.3 is 10.0 Å². The second-order valence-corrected chi connectivity index (χ2v) is 3.75. The van der Waals surface area contributed by atoms with Gasteiger partial charge in [0.15, 0.2) is 0 Å². The van der Waals surface area contributed by atoms with Crippen LogP contribution < -0.4 is 0 Å². The van der Waals surface area contributed by atoms with E-state index < -0.39 is 18.2 Å². The van der Waals surface area contributed by atoms with E-state index in [0.717, 1.165) is 0 Å². The average molecular weight is 213 g/mol. The standard InChI is InChI=1S/C9H18F3NO/c1-4-13(5-2)7-8(3,14)6-9(10,11)12/h14H,4-7H2,1-3H3. The Morgan fingerprint density at radius 1 is 1.14 bits per heavy atom. The molecule has 0 aliphatic carbocycles. The Kier molecular flexibility index (Phi) is 4.88. The van der Waals surface area contributed by atoms with E-state index in [-0.39, 0.29) is 6.54 Å². The summed E-state index contributed by atoms with van der Waals surface area (Å²) < 4.78 is 36.1. The van der Waals surface area contributed by atoms with Crippen molar-refractivity contribution >= 4 is 0 Å². The van der Waals surface area contributed by atoms with E-state index in [2.05, 4.69) is 0 Å². The molecule has 0 aromatic carbocycles. The number of rotatable bonds is 5. The molecule has 0 spiro atoms. The van der Waals surface area contributed by atoms with Crippen LogP contribution in [0.1, 0.15) is 27.2 Å². The quantitative estimate of drug-likeness (QED) is 0.755. The van der Waals surface area contributed by atoms with Crippen molar-refractivity contribution in [2.75, 3.05) is 19.6 Å². The molecule has 0 saturated heterocycles. The van der Waals surface area contributed by atoms with Crippen molar-refractivity contribution in [2.24, 2.45) is 0 Å². The molecular formula is C9H18F3NO. The minimum atomic E-state index is -4.31. The number of hydrogen-bond acceptors (Lipinski definition) is 2. The van der Waals surface area contributed by atoms with Gasteiger partial charge in [-0.3, -0.25) is 0 Å². The summed E-state index contributed by atoms with van der Waals surface area (Å²) in [6, 6.07) is 0. The highest BCUT2D eigenvalue weighted by molar-refractivity contribution is 4.79. The molecule has 0 radical (unpaired) electrons. The maximum absolute atomic E-state index is 12.0. The zero-order chi connectivity index (χ0) is 11.4. The smallest absolute Gasteiger partial charge is 0.388 e. The van der Waals surface area contributed by atoms with E-state index in [4.69, 9.17) is 0 Å². The van der Waals surface area contributed by atoms with Gasteiger partial charge in [-0.2, -0.15) is 13.2 Å². The number of alkyl halides is 3. The van der Waals surface area contributed by atoms with Gasteiger partial charge in [-0.05, 0) is 20.0 Å². The van der Waals surface area contributed by atoms with Crippen LogP contribution in [0.3, 0.4) is 0 Å². The number of aliphatic hydroxyl groups is 1. The van der Waals surface area contributed by atoms with Crippen LogP contribution in [0.2, 0.25) is 0 Å². The van der Waals surface area contributed by atoms with Gasteiger partial charge >= 0.3 is 6.18 Å². The highest BCUT2D eigenvalue weighted by atomic mass is 19.4. The van der Waals surface area contributed by atoms with Gasteiger partial charge in [-0.25, -0.2) is 0 Å². The lowest BCUT2D eigenvalue weighted by Gasteiger charge is -2.30. The van der Waals surface area contributed by atoms with Crippen LogP contribution in [0.4, 0.5) is 13.2 Å². The Morgan fingerprint density at radius 3 is 1.86 bits per heavy atom. The third-order valence-corrected chi connectivity index (χ3v) is 2.04. The number of halogens is 3. The second kappa shape index (κ2) is 4.98. The summed E-state index contributed by atoms with van der Waals surface area (Å²) in [6.07, 6.45) is -5.47. The molecule has 0 rings (SSSR count). The zero-order valence-electron chi connectivity index (χ0n) is 8.86.